The minimum absolute atomic E-state index is 0.0185. The van der Waals surface area contributed by atoms with Crippen molar-refractivity contribution in [2.45, 2.75) is 13.8 Å². The maximum Gasteiger partial charge on any atom is 0.230 e. The Morgan fingerprint density at radius 2 is 1.67 bits per heavy atom. The maximum atomic E-state index is 11.2. The van der Waals surface area contributed by atoms with E-state index < -0.39 is 11.8 Å². The van der Waals surface area contributed by atoms with Crippen molar-refractivity contribution in [3.05, 3.63) is 18.2 Å². The number of benzene rings is 1. The number of phenols is 2. The Morgan fingerprint density at radius 3 is 2.13 bits per heavy atom. The van der Waals surface area contributed by atoms with Gasteiger partial charge in [-0.3, -0.25) is 9.59 Å². The molecule has 0 atom stereocenters. The van der Waals surface area contributed by atoms with E-state index in [9.17, 15) is 19.8 Å². The number of carbonyl (C=O) groups excluding carboxylic acids is 2. The third-order valence-corrected chi connectivity index (χ3v) is 1.83. The van der Waals surface area contributed by atoms with Gasteiger partial charge in [0.25, 0.3) is 0 Å². The van der Waals surface area contributed by atoms with Crippen LogP contribution in [-0.2, 0) is 9.59 Å². The second-order valence-electron chi connectivity index (χ2n) is 3.05. The fourth-order valence-corrected chi connectivity index (χ4v) is 1.25. The standard InChI is InChI=1S/C10H11NO4/c1-6(12)11(7(2)13)9-5-8(14)3-4-10(9)15/h3-5,14-15H,1-2H3. The van der Waals surface area contributed by atoms with Crippen LogP contribution in [0.2, 0.25) is 0 Å². The molecule has 15 heavy (non-hydrogen) atoms. The molecule has 0 radical (unpaired) electrons. The lowest BCUT2D eigenvalue weighted by Gasteiger charge is -2.18. The van der Waals surface area contributed by atoms with Gasteiger partial charge in [-0.2, -0.15) is 0 Å². The number of amides is 2. The van der Waals surface area contributed by atoms with E-state index in [1.54, 1.807) is 0 Å². The van der Waals surface area contributed by atoms with Gasteiger partial charge < -0.3 is 10.2 Å². The van der Waals surface area contributed by atoms with Gasteiger partial charge in [-0.25, -0.2) is 4.90 Å². The lowest BCUT2D eigenvalue weighted by molar-refractivity contribution is -0.124. The Hall–Kier alpha value is -2.04. The van der Waals surface area contributed by atoms with Crippen LogP contribution in [0.4, 0.5) is 5.69 Å². The summed E-state index contributed by atoms with van der Waals surface area (Å²) >= 11 is 0. The molecular formula is C10H11NO4. The van der Waals surface area contributed by atoms with Gasteiger partial charge in [0, 0.05) is 19.9 Å². The van der Waals surface area contributed by atoms with Crippen molar-refractivity contribution in [3.8, 4) is 11.5 Å². The summed E-state index contributed by atoms with van der Waals surface area (Å²) in [5, 5.41) is 18.6. The molecule has 2 amide bonds. The Balaban J connectivity index is 3.28. The van der Waals surface area contributed by atoms with Crippen molar-refractivity contribution >= 4 is 17.5 Å². The highest BCUT2D eigenvalue weighted by Gasteiger charge is 2.19. The average molecular weight is 209 g/mol. The van der Waals surface area contributed by atoms with E-state index in [1.165, 1.54) is 26.0 Å². The normalized spacial score (nSPS) is 9.73. The summed E-state index contributed by atoms with van der Waals surface area (Å²) in [6.07, 6.45) is 0. The van der Waals surface area contributed by atoms with E-state index in [1.807, 2.05) is 0 Å². The first-order valence-electron chi connectivity index (χ1n) is 4.26. The van der Waals surface area contributed by atoms with E-state index in [-0.39, 0.29) is 17.2 Å². The van der Waals surface area contributed by atoms with Gasteiger partial charge >= 0.3 is 0 Å². The van der Waals surface area contributed by atoms with Crippen molar-refractivity contribution < 1.29 is 19.8 Å². The molecule has 0 saturated carbocycles. The summed E-state index contributed by atoms with van der Waals surface area (Å²) in [5.41, 5.74) is -0.0185. The van der Waals surface area contributed by atoms with Crippen LogP contribution in [0.25, 0.3) is 0 Å². The van der Waals surface area contributed by atoms with Gasteiger partial charge in [0.05, 0.1) is 5.69 Å². The maximum absolute atomic E-state index is 11.2. The number of imide groups is 1. The first kappa shape index (κ1) is 11.0. The average Bonchev–Trinajstić information content (AvgIpc) is 2.10. The predicted octanol–water partition coefficient (Wildman–Crippen LogP) is 0.997. The van der Waals surface area contributed by atoms with E-state index in [0.717, 1.165) is 11.0 Å². The van der Waals surface area contributed by atoms with Gasteiger partial charge in [0.2, 0.25) is 11.8 Å². The molecule has 0 heterocycles. The quantitative estimate of drug-likeness (QED) is 0.676. The molecule has 0 aliphatic rings. The number of nitrogens with zero attached hydrogens (tertiary/aromatic N) is 1. The molecule has 0 spiro atoms. The smallest absolute Gasteiger partial charge is 0.230 e. The second-order valence-corrected chi connectivity index (χ2v) is 3.05. The van der Waals surface area contributed by atoms with Crippen molar-refractivity contribution in [2.75, 3.05) is 4.90 Å². The lowest BCUT2D eigenvalue weighted by atomic mass is 10.2. The molecule has 1 aromatic rings. The summed E-state index contributed by atoms with van der Waals surface area (Å²) in [6, 6.07) is 3.62. The van der Waals surface area contributed by atoms with Gasteiger partial charge in [-0.05, 0) is 12.1 Å². The summed E-state index contributed by atoms with van der Waals surface area (Å²) in [7, 11) is 0. The largest absolute Gasteiger partial charge is 0.508 e. The zero-order chi connectivity index (χ0) is 11.6. The van der Waals surface area contributed by atoms with Crippen molar-refractivity contribution in [1.82, 2.24) is 0 Å². The highest BCUT2D eigenvalue weighted by atomic mass is 16.3. The van der Waals surface area contributed by atoms with Crippen LogP contribution >= 0.6 is 0 Å². The number of anilines is 1. The summed E-state index contributed by atoms with van der Waals surface area (Å²) < 4.78 is 0. The third-order valence-electron chi connectivity index (χ3n) is 1.83. The number of hydrogen-bond acceptors (Lipinski definition) is 4. The Labute approximate surface area is 86.6 Å². The number of phenolic OH excluding ortho intramolecular Hbond substituents is 2. The van der Waals surface area contributed by atoms with Crippen molar-refractivity contribution in [1.29, 1.82) is 0 Å². The number of hydrogen-bond donors (Lipinski definition) is 2. The van der Waals surface area contributed by atoms with Crippen LogP contribution in [0.15, 0.2) is 18.2 Å². The number of carbonyl (C=O) groups is 2. The molecule has 0 unspecified atom stereocenters. The molecule has 2 N–H and O–H groups in total. The predicted molar refractivity (Wildman–Crippen MR) is 53.6 cm³/mol. The summed E-state index contributed by atoms with van der Waals surface area (Å²) in [6.45, 7) is 2.40. The lowest BCUT2D eigenvalue weighted by Crippen LogP contribution is -2.33. The highest BCUT2D eigenvalue weighted by molar-refractivity contribution is 6.14. The number of aromatic hydroxyl groups is 2. The topological polar surface area (TPSA) is 77.8 Å². The molecule has 5 heteroatoms. The third kappa shape index (κ3) is 2.25. The molecule has 1 aromatic carbocycles. The Bertz CT molecular complexity index is 400. The van der Waals surface area contributed by atoms with Crippen LogP contribution in [-0.4, -0.2) is 22.0 Å². The molecule has 0 bridgehead atoms. The first-order valence-corrected chi connectivity index (χ1v) is 4.26. The minimum Gasteiger partial charge on any atom is -0.508 e. The molecule has 0 aromatic heterocycles. The molecule has 80 valence electrons. The van der Waals surface area contributed by atoms with Crippen LogP contribution < -0.4 is 4.90 Å². The van der Waals surface area contributed by atoms with Crippen molar-refractivity contribution in [2.24, 2.45) is 0 Å². The van der Waals surface area contributed by atoms with E-state index in [2.05, 4.69) is 0 Å². The van der Waals surface area contributed by atoms with E-state index in [0.29, 0.717) is 0 Å². The van der Waals surface area contributed by atoms with Crippen LogP contribution in [0.5, 0.6) is 11.5 Å². The van der Waals surface area contributed by atoms with Gasteiger partial charge in [0.15, 0.2) is 0 Å². The molecule has 1 rings (SSSR count). The molecule has 0 saturated heterocycles. The second kappa shape index (κ2) is 4.00. The van der Waals surface area contributed by atoms with Gasteiger partial charge in [0.1, 0.15) is 11.5 Å². The SMILES string of the molecule is CC(=O)N(C(C)=O)c1cc(O)ccc1O. The van der Waals surface area contributed by atoms with Crippen LogP contribution in [0.1, 0.15) is 13.8 Å². The van der Waals surface area contributed by atoms with Crippen LogP contribution in [0.3, 0.4) is 0 Å². The van der Waals surface area contributed by atoms with Gasteiger partial charge in [-0.1, -0.05) is 0 Å². The molecular weight excluding hydrogens is 198 g/mol. The fraction of sp³-hybridized carbons (Fsp3) is 0.200. The molecule has 0 aliphatic carbocycles. The van der Waals surface area contributed by atoms with Crippen LogP contribution in [0, 0.1) is 0 Å². The van der Waals surface area contributed by atoms with Crippen molar-refractivity contribution in [3.63, 3.8) is 0 Å². The summed E-state index contributed by atoms with van der Waals surface area (Å²) in [5.74, 6) is -1.42. The zero-order valence-corrected chi connectivity index (χ0v) is 8.39. The Morgan fingerprint density at radius 1 is 1.13 bits per heavy atom. The number of rotatable bonds is 1. The Kier molecular flexibility index (Phi) is 2.94. The van der Waals surface area contributed by atoms with E-state index >= 15 is 0 Å². The molecule has 0 aliphatic heterocycles. The first-order chi connectivity index (χ1) is 6.93. The zero-order valence-electron chi connectivity index (χ0n) is 8.39. The van der Waals surface area contributed by atoms with Gasteiger partial charge in [-0.15, -0.1) is 0 Å². The minimum atomic E-state index is -0.525. The highest BCUT2D eigenvalue weighted by Crippen LogP contribution is 2.30. The summed E-state index contributed by atoms with van der Waals surface area (Å²) in [4.78, 5) is 23.1. The molecule has 5 nitrogen and oxygen atoms in total. The van der Waals surface area contributed by atoms with E-state index in [4.69, 9.17) is 0 Å². The molecule has 0 fully saturated rings. The monoisotopic (exact) mass is 209 g/mol. The fourth-order valence-electron chi connectivity index (χ4n) is 1.25.